The number of nitriles is 1. The Kier molecular flexibility index (Phi) is 4.95. The number of nitrogens with zero attached hydrogens (tertiary/aromatic N) is 3. The standard InChI is InChI=1S/C19H14N4O4/c20-9-12-5-1-2-6-13(12)11-27-16(24)10-23-19(26)15-8-4-3-7-14(15)17(22-23)18(21)25/h1-8H,10-11H2,(H2,21,25). The summed E-state index contributed by atoms with van der Waals surface area (Å²) < 4.78 is 5.98. The Bertz CT molecular complexity index is 1140. The van der Waals surface area contributed by atoms with Gasteiger partial charge in [0, 0.05) is 10.9 Å². The summed E-state index contributed by atoms with van der Waals surface area (Å²) >= 11 is 0. The van der Waals surface area contributed by atoms with Gasteiger partial charge in [-0.05, 0) is 12.1 Å². The number of esters is 1. The van der Waals surface area contributed by atoms with E-state index in [4.69, 9.17) is 15.7 Å². The lowest BCUT2D eigenvalue weighted by atomic mass is 10.1. The average molecular weight is 362 g/mol. The second-order valence-corrected chi connectivity index (χ2v) is 5.65. The number of fused-ring (bicyclic) bond motifs is 1. The molecule has 1 aromatic heterocycles. The van der Waals surface area contributed by atoms with E-state index in [2.05, 4.69) is 5.10 Å². The molecule has 1 amide bonds. The molecule has 0 aliphatic rings. The highest BCUT2D eigenvalue weighted by Gasteiger charge is 2.16. The molecule has 8 nitrogen and oxygen atoms in total. The van der Waals surface area contributed by atoms with Crippen molar-refractivity contribution in [1.29, 1.82) is 5.26 Å². The van der Waals surface area contributed by atoms with Gasteiger partial charge in [-0.2, -0.15) is 10.4 Å². The highest BCUT2D eigenvalue weighted by molar-refractivity contribution is 6.04. The smallest absolute Gasteiger partial charge is 0.328 e. The first-order valence-corrected chi connectivity index (χ1v) is 7.94. The summed E-state index contributed by atoms with van der Waals surface area (Å²) in [6.07, 6.45) is 0. The zero-order valence-corrected chi connectivity index (χ0v) is 14.1. The van der Waals surface area contributed by atoms with Gasteiger partial charge in [0.1, 0.15) is 13.2 Å². The Labute approximate surface area is 153 Å². The largest absolute Gasteiger partial charge is 0.459 e. The van der Waals surface area contributed by atoms with Gasteiger partial charge in [0.2, 0.25) is 0 Å². The van der Waals surface area contributed by atoms with Crippen molar-refractivity contribution in [3.8, 4) is 6.07 Å². The van der Waals surface area contributed by atoms with E-state index in [9.17, 15) is 14.4 Å². The van der Waals surface area contributed by atoms with Gasteiger partial charge < -0.3 is 10.5 Å². The van der Waals surface area contributed by atoms with Gasteiger partial charge >= 0.3 is 5.97 Å². The third kappa shape index (κ3) is 3.67. The Morgan fingerprint density at radius 1 is 1.11 bits per heavy atom. The van der Waals surface area contributed by atoms with Crippen molar-refractivity contribution in [2.75, 3.05) is 0 Å². The molecule has 0 aliphatic carbocycles. The van der Waals surface area contributed by atoms with Gasteiger partial charge in [0.15, 0.2) is 5.69 Å². The molecule has 0 aliphatic heterocycles. The lowest BCUT2D eigenvalue weighted by molar-refractivity contribution is -0.146. The Hall–Kier alpha value is -3.99. The molecule has 8 heteroatoms. The summed E-state index contributed by atoms with van der Waals surface area (Å²) in [5, 5.41) is 13.5. The highest BCUT2D eigenvalue weighted by atomic mass is 16.5. The van der Waals surface area contributed by atoms with Crippen LogP contribution in [0.4, 0.5) is 0 Å². The molecule has 3 rings (SSSR count). The fourth-order valence-electron chi connectivity index (χ4n) is 2.61. The van der Waals surface area contributed by atoms with Crippen LogP contribution < -0.4 is 11.3 Å². The zero-order chi connectivity index (χ0) is 19.4. The molecule has 1 heterocycles. The Balaban J connectivity index is 1.85. The minimum atomic E-state index is -0.809. The van der Waals surface area contributed by atoms with Crippen LogP contribution in [0.15, 0.2) is 53.3 Å². The second-order valence-electron chi connectivity index (χ2n) is 5.65. The topological polar surface area (TPSA) is 128 Å². The van der Waals surface area contributed by atoms with Gasteiger partial charge in [-0.15, -0.1) is 0 Å². The van der Waals surface area contributed by atoms with Gasteiger partial charge in [0.25, 0.3) is 11.5 Å². The van der Waals surface area contributed by atoms with Crippen molar-refractivity contribution in [3.63, 3.8) is 0 Å². The van der Waals surface area contributed by atoms with E-state index in [1.807, 2.05) is 6.07 Å². The third-order valence-corrected chi connectivity index (χ3v) is 3.91. The maximum absolute atomic E-state index is 12.5. The quantitative estimate of drug-likeness (QED) is 0.677. The van der Waals surface area contributed by atoms with Crippen LogP contribution in [0.1, 0.15) is 21.6 Å². The van der Waals surface area contributed by atoms with Gasteiger partial charge in [-0.25, -0.2) is 4.68 Å². The zero-order valence-electron chi connectivity index (χ0n) is 14.1. The van der Waals surface area contributed by atoms with Crippen molar-refractivity contribution in [2.45, 2.75) is 13.2 Å². The van der Waals surface area contributed by atoms with Crippen LogP contribution in [0.3, 0.4) is 0 Å². The first-order valence-electron chi connectivity index (χ1n) is 7.94. The second kappa shape index (κ2) is 7.49. The monoisotopic (exact) mass is 362 g/mol. The van der Waals surface area contributed by atoms with Crippen LogP contribution in [0.25, 0.3) is 10.8 Å². The van der Waals surface area contributed by atoms with E-state index in [0.29, 0.717) is 16.5 Å². The first-order chi connectivity index (χ1) is 13.0. The summed E-state index contributed by atoms with van der Waals surface area (Å²) in [5.74, 6) is -1.54. The lowest BCUT2D eigenvalue weighted by Crippen LogP contribution is -2.31. The van der Waals surface area contributed by atoms with E-state index in [0.717, 1.165) is 4.68 Å². The number of ether oxygens (including phenoxy) is 1. The Morgan fingerprint density at radius 3 is 2.48 bits per heavy atom. The van der Waals surface area contributed by atoms with E-state index < -0.39 is 24.0 Å². The number of hydrogen-bond acceptors (Lipinski definition) is 6. The fraction of sp³-hybridized carbons (Fsp3) is 0.105. The molecule has 0 fully saturated rings. The van der Waals surface area contributed by atoms with Crippen molar-refractivity contribution in [2.24, 2.45) is 5.73 Å². The number of carbonyl (C=O) groups is 2. The first kappa shape index (κ1) is 17.8. The lowest BCUT2D eigenvalue weighted by Gasteiger charge is -2.10. The molecular formula is C19H14N4O4. The van der Waals surface area contributed by atoms with E-state index in [1.165, 1.54) is 6.07 Å². The van der Waals surface area contributed by atoms with Gasteiger partial charge in [-0.1, -0.05) is 36.4 Å². The van der Waals surface area contributed by atoms with E-state index in [-0.39, 0.29) is 17.7 Å². The molecule has 3 aromatic rings. The number of nitrogens with two attached hydrogens (primary N) is 1. The molecule has 0 bridgehead atoms. The number of rotatable bonds is 5. The number of benzene rings is 2. The summed E-state index contributed by atoms with van der Waals surface area (Å²) in [6, 6.07) is 15.1. The molecule has 0 unspecified atom stereocenters. The molecule has 134 valence electrons. The highest BCUT2D eigenvalue weighted by Crippen LogP contribution is 2.13. The van der Waals surface area contributed by atoms with Crippen molar-refractivity contribution in [1.82, 2.24) is 9.78 Å². The van der Waals surface area contributed by atoms with Crippen LogP contribution in [0, 0.1) is 11.3 Å². The number of carbonyl (C=O) groups excluding carboxylic acids is 2. The fourth-order valence-corrected chi connectivity index (χ4v) is 2.61. The third-order valence-electron chi connectivity index (χ3n) is 3.91. The molecule has 0 atom stereocenters. The van der Waals surface area contributed by atoms with Crippen molar-refractivity contribution in [3.05, 3.63) is 75.7 Å². The van der Waals surface area contributed by atoms with E-state index >= 15 is 0 Å². The van der Waals surface area contributed by atoms with Crippen LogP contribution >= 0.6 is 0 Å². The van der Waals surface area contributed by atoms with Crippen LogP contribution in [0.2, 0.25) is 0 Å². The molecule has 2 aromatic carbocycles. The summed E-state index contributed by atoms with van der Waals surface area (Å²) in [4.78, 5) is 36.3. The molecule has 2 N–H and O–H groups in total. The summed E-state index contributed by atoms with van der Waals surface area (Å²) in [5.41, 5.74) is 5.63. The minimum Gasteiger partial charge on any atom is -0.459 e. The van der Waals surface area contributed by atoms with Crippen molar-refractivity contribution < 1.29 is 14.3 Å². The number of hydrogen-bond donors (Lipinski definition) is 1. The number of amides is 1. The normalized spacial score (nSPS) is 10.3. The molecular weight excluding hydrogens is 348 g/mol. The average Bonchev–Trinajstić information content (AvgIpc) is 2.68. The molecule has 27 heavy (non-hydrogen) atoms. The SMILES string of the molecule is N#Cc1ccccc1COC(=O)Cn1nc(C(N)=O)c2ccccc2c1=O. The summed E-state index contributed by atoms with van der Waals surface area (Å²) in [7, 11) is 0. The van der Waals surface area contributed by atoms with Gasteiger partial charge in [0.05, 0.1) is 17.0 Å². The summed E-state index contributed by atoms with van der Waals surface area (Å²) in [6.45, 7) is -0.605. The molecule has 0 radical (unpaired) electrons. The predicted molar refractivity (Wildman–Crippen MR) is 95.5 cm³/mol. The maximum Gasteiger partial charge on any atom is 0.328 e. The van der Waals surface area contributed by atoms with Crippen molar-refractivity contribution >= 4 is 22.6 Å². The van der Waals surface area contributed by atoms with Gasteiger partial charge in [-0.3, -0.25) is 14.4 Å². The number of aromatic nitrogens is 2. The maximum atomic E-state index is 12.5. The van der Waals surface area contributed by atoms with E-state index in [1.54, 1.807) is 42.5 Å². The molecule has 0 spiro atoms. The van der Waals surface area contributed by atoms with Crippen LogP contribution in [-0.4, -0.2) is 21.7 Å². The Morgan fingerprint density at radius 2 is 1.78 bits per heavy atom. The van der Waals surface area contributed by atoms with Crippen LogP contribution in [0.5, 0.6) is 0 Å². The molecule has 0 saturated heterocycles. The van der Waals surface area contributed by atoms with Crippen LogP contribution in [-0.2, 0) is 22.7 Å². The number of primary amides is 1. The molecule has 0 saturated carbocycles. The predicted octanol–water partition coefficient (Wildman–Crippen LogP) is 1.11. The minimum absolute atomic E-state index is 0.104.